The molecule has 0 amide bonds. The van der Waals surface area contributed by atoms with Crippen LogP contribution in [0.5, 0.6) is 11.5 Å². The Bertz CT molecular complexity index is 566. The van der Waals surface area contributed by atoms with E-state index in [2.05, 4.69) is 37.4 Å². The Morgan fingerprint density at radius 3 is 2.58 bits per heavy atom. The van der Waals surface area contributed by atoms with Crippen molar-refractivity contribution in [1.29, 1.82) is 0 Å². The van der Waals surface area contributed by atoms with Gasteiger partial charge >= 0.3 is 0 Å². The Morgan fingerprint density at radius 2 is 1.89 bits per heavy atom. The van der Waals surface area contributed by atoms with Crippen LogP contribution in [0.15, 0.2) is 42.5 Å². The van der Waals surface area contributed by atoms with Crippen molar-refractivity contribution >= 4 is 0 Å². The van der Waals surface area contributed by atoms with Gasteiger partial charge in [-0.05, 0) is 25.5 Å². The van der Waals surface area contributed by atoms with Gasteiger partial charge in [0.25, 0.3) is 0 Å². The molecule has 3 nitrogen and oxygen atoms in total. The second kappa shape index (κ2) is 5.76. The fourth-order valence-corrected chi connectivity index (χ4v) is 2.02. The summed E-state index contributed by atoms with van der Waals surface area (Å²) in [6, 6.07) is 13.2. The summed E-state index contributed by atoms with van der Waals surface area (Å²) in [6.07, 6.45) is 0. The molecule has 0 heterocycles. The van der Waals surface area contributed by atoms with Crippen molar-refractivity contribution in [3.8, 4) is 11.5 Å². The normalized spacial score (nSPS) is 12.3. The fourth-order valence-electron chi connectivity index (χ4n) is 2.02. The Balaban J connectivity index is 2.02. The molecule has 3 heteroatoms. The Morgan fingerprint density at radius 1 is 1.11 bits per heavy atom. The predicted molar refractivity (Wildman–Crippen MR) is 76.2 cm³/mol. The largest absolute Gasteiger partial charge is 0.508 e. The molecule has 0 aliphatic rings. The minimum atomic E-state index is 0.0768. The van der Waals surface area contributed by atoms with Crippen molar-refractivity contribution in [2.75, 3.05) is 0 Å². The van der Waals surface area contributed by atoms with Crippen LogP contribution in [-0.4, -0.2) is 10.2 Å². The van der Waals surface area contributed by atoms with Gasteiger partial charge in [-0.25, -0.2) is 0 Å². The van der Waals surface area contributed by atoms with E-state index in [9.17, 15) is 10.2 Å². The molecule has 0 bridgehead atoms. The van der Waals surface area contributed by atoms with Gasteiger partial charge in [0, 0.05) is 24.2 Å². The number of hydrogen-bond donors (Lipinski definition) is 3. The number of aromatic hydroxyl groups is 2. The van der Waals surface area contributed by atoms with Crippen LogP contribution in [0.1, 0.15) is 29.7 Å². The van der Waals surface area contributed by atoms with E-state index >= 15 is 0 Å². The molecule has 0 fully saturated rings. The summed E-state index contributed by atoms with van der Waals surface area (Å²) in [5.41, 5.74) is 3.23. The third-order valence-electron chi connectivity index (χ3n) is 3.21. The highest BCUT2D eigenvalue weighted by Crippen LogP contribution is 2.23. The number of rotatable bonds is 4. The topological polar surface area (TPSA) is 52.5 Å². The molecule has 0 aromatic heterocycles. The lowest BCUT2D eigenvalue weighted by molar-refractivity contribution is 0.441. The van der Waals surface area contributed by atoms with E-state index in [4.69, 9.17) is 0 Å². The number of benzene rings is 2. The first-order valence-electron chi connectivity index (χ1n) is 6.37. The van der Waals surface area contributed by atoms with Crippen molar-refractivity contribution in [2.45, 2.75) is 26.4 Å². The molecule has 0 unspecified atom stereocenters. The zero-order valence-electron chi connectivity index (χ0n) is 11.2. The molecule has 0 aliphatic carbocycles. The molecular formula is C16H19NO2. The molecule has 1 atom stereocenters. The molecular weight excluding hydrogens is 238 g/mol. The molecule has 0 saturated heterocycles. The molecule has 0 radical (unpaired) electrons. The maximum atomic E-state index is 9.72. The van der Waals surface area contributed by atoms with Gasteiger partial charge in [0.1, 0.15) is 11.5 Å². The average Bonchev–Trinajstić information content (AvgIpc) is 2.37. The lowest BCUT2D eigenvalue weighted by Crippen LogP contribution is -2.18. The molecule has 3 N–H and O–H groups in total. The van der Waals surface area contributed by atoms with E-state index < -0.39 is 0 Å². The van der Waals surface area contributed by atoms with Gasteiger partial charge in [0.15, 0.2) is 0 Å². The minimum Gasteiger partial charge on any atom is -0.508 e. The number of nitrogens with one attached hydrogen (secondary N) is 1. The number of aryl methyl sites for hydroxylation is 1. The van der Waals surface area contributed by atoms with Crippen LogP contribution in [0.2, 0.25) is 0 Å². The van der Waals surface area contributed by atoms with Crippen LogP contribution in [0.3, 0.4) is 0 Å². The van der Waals surface area contributed by atoms with Crippen LogP contribution < -0.4 is 5.32 Å². The van der Waals surface area contributed by atoms with E-state index in [0.717, 1.165) is 5.56 Å². The SMILES string of the molecule is Cc1cccc([C@@H](C)NCc2ccc(O)cc2O)c1. The van der Waals surface area contributed by atoms with Gasteiger partial charge in [-0.1, -0.05) is 35.9 Å². The standard InChI is InChI=1S/C16H19NO2/c1-11-4-3-5-13(8-11)12(2)17-10-14-6-7-15(18)9-16(14)19/h3-9,12,17-19H,10H2,1-2H3/t12-/m1/s1. The first kappa shape index (κ1) is 13.4. The number of phenols is 2. The van der Waals surface area contributed by atoms with Gasteiger partial charge in [-0.3, -0.25) is 0 Å². The second-order valence-corrected chi connectivity index (χ2v) is 4.83. The molecule has 0 spiro atoms. The molecule has 2 rings (SSSR count). The predicted octanol–water partition coefficient (Wildman–Crippen LogP) is 3.26. The van der Waals surface area contributed by atoms with Crippen molar-refractivity contribution in [3.05, 3.63) is 59.2 Å². The summed E-state index contributed by atoms with van der Waals surface area (Å²) in [5, 5.41) is 22.3. The van der Waals surface area contributed by atoms with Crippen LogP contribution in [0.25, 0.3) is 0 Å². The molecule has 100 valence electrons. The third kappa shape index (κ3) is 3.48. The van der Waals surface area contributed by atoms with Crippen molar-refractivity contribution < 1.29 is 10.2 Å². The zero-order valence-corrected chi connectivity index (χ0v) is 11.2. The van der Waals surface area contributed by atoms with E-state index in [0.29, 0.717) is 6.54 Å². The van der Waals surface area contributed by atoms with Gasteiger partial charge in [-0.2, -0.15) is 0 Å². The van der Waals surface area contributed by atoms with Crippen molar-refractivity contribution in [2.24, 2.45) is 0 Å². The lowest BCUT2D eigenvalue weighted by Gasteiger charge is -2.15. The number of hydrogen-bond acceptors (Lipinski definition) is 3. The summed E-state index contributed by atoms with van der Waals surface area (Å²) >= 11 is 0. The van der Waals surface area contributed by atoms with Gasteiger partial charge < -0.3 is 15.5 Å². The van der Waals surface area contributed by atoms with Crippen molar-refractivity contribution in [3.63, 3.8) is 0 Å². The van der Waals surface area contributed by atoms with Crippen LogP contribution in [0, 0.1) is 6.92 Å². The third-order valence-corrected chi connectivity index (χ3v) is 3.21. The van der Waals surface area contributed by atoms with E-state index in [1.807, 2.05) is 6.07 Å². The van der Waals surface area contributed by atoms with E-state index in [1.165, 1.54) is 17.2 Å². The van der Waals surface area contributed by atoms with E-state index in [1.54, 1.807) is 12.1 Å². The summed E-state index contributed by atoms with van der Waals surface area (Å²) < 4.78 is 0. The monoisotopic (exact) mass is 257 g/mol. The van der Waals surface area contributed by atoms with Crippen LogP contribution >= 0.6 is 0 Å². The molecule has 19 heavy (non-hydrogen) atoms. The molecule has 0 aliphatic heterocycles. The average molecular weight is 257 g/mol. The summed E-state index contributed by atoms with van der Waals surface area (Å²) in [4.78, 5) is 0. The summed E-state index contributed by atoms with van der Waals surface area (Å²) in [6.45, 7) is 4.72. The maximum Gasteiger partial charge on any atom is 0.123 e. The summed E-state index contributed by atoms with van der Waals surface area (Å²) in [7, 11) is 0. The Labute approximate surface area is 113 Å². The lowest BCUT2D eigenvalue weighted by atomic mass is 10.1. The van der Waals surface area contributed by atoms with E-state index in [-0.39, 0.29) is 17.5 Å². The Hall–Kier alpha value is -2.00. The molecule has 2 aromatic rings. The van der Waals surface area contributed by atoms with Gasteiger partial charge in [0.2, 0.25) is 0 Å². The first-order valence-corrected chi connectivity index (χ1v) is 6.37. The highest BCUT2D eigenvalue weighted by molar-refractivity contribution is 5.39. The second-order valence-electron chi connectivity index (χ2n) is 4.83. The highest BCUT2D eigenvalue weighted by Gasteiger charge is 2.07. The minimum absolute atomic E-state index is 0.0768. The number of phenolic OH excluding ortho intramolecular Hbond substituents is 2. The fraction of sp³-hybridized carbons (Fsp3) is 0.250. The van der Waals surface area contributed by atoms with Crippen molar-refractivity contribution in [1.82, 2.24) is 5.32 Å². The van der Waals surface area contributed by atoms with Gasteiger partial charge in [0.05, 0.1) is 0 Å². The zero-order chi connectivity index (χ0) is 13.8. The van der Waals surface area contributed by atoms with Crippen LogP contribution in [0.4, 0.5) is 0 Å². The summed E-state index contributed by atoms with van der Waals surface area (Å²) in [5.74, 6) is 0.192. The first-order chi connectivity index (χ1) is 9.06. The highest BCUT2D eigenvalue weighted by atomic mass is 16.3. The maximum absolute atomic E-state index is 9.72. The van der Waals surface area contributed by atoms with Gasteiger partial charge in [-0.15, -0.1) is 0 Å². The quantitative estimate of drug-likeness (QED) is 0.788. The molecule has 0 saturated carbocycles. The Kier molecular flexibility index (Phi) is 4.07. The molecule has 2 aromatic carbocycles. The van der Waals surface area contributed by atoms with Crippen LogP contribution in [-0.2, 0) is 6.54 Å². The smallest absolute Gasteiger partial charge is 0.123 e.